The van der Waals surface area contributed by atoms with Crippen molar-refractivity contribution in [3.63, 3.8) is 0 Å². The molecule has 0 saturated carbocycles. The topological polar surface area (TPSA) is 96.0 Å². The Hall–Kier alpha value is -2.51. The van der Waals surface area contributed by atoms with Gasteiger partial charge in [-0.3, -0.25) is 19.6 Å². The lowest BCUT2D eigenvalue weighted by Crippen LogP contribution is -2.30. The molecule has 140 valence electrons. The Morgan fingerprint density at radius 3 is 1.58 bits per heavy atom. The van der Waals surface area contributed by atoms with Crippen molar-refractivity contribution in [1.82, 2.24) is 25.9 Å². The molecular weight excluding hydrogens is 354 g/mol. The molecule has 0 spiro atoms. The molecule has 2 amide bonds. The molecule has 0 bridgehead atoms. The molecule has 26 heavy (non-hydrogen) atoms. The zero-order valence-electron chi connectivity index (χ0n) is 14.5. The van der Waals surface area contributed by atoms with E-state index in [1.54, 1.807) is 48.8 Å². The zero-order valence-corrected chi connectivity index (χ0v) is 15.3. The molecule has 2 rings (SSSR count). The highest BCUT2D eigenvalue weighted by atomic mass is 35.5. The summed E-state index contributed by atoms with van der Waals surface area (Å²) in [7, 11) is 0. The molecule has 0 aliphatic heterocycles. The minimum absolute atomic E-state index is 0. The van der Waals surface area contributed by atoms with Gasteiger partial charge in [0, 0.05) is 25.5 Å². The minimum atomic E-state index is -0.155. The zero-order chi connectivity index (χ0) is 17.7. The van der Waals surface area contributed by atoms with Gasteiger partial charge in [-0.1, -0.05) is 12.1 Å². The predicted octanol–water partition coefficient (Wildman–Crippen LogP) is 1.43. The lowest BCUT2D eigenvalue weighted by molar-refractivity contribution is 0.0941. The summed E-state index contributed by atoms with van der Waals surface area (Å²) in [6.07, 6.45) is 4.87. The highest BCUT2D eigenvalue weighted by molar-refractivity contribution is 5.92. The van der Waals surface area contributed by atoms with Crippen molar-refractivity contribution in [3.8, 4) is 0 Å². The van der Waals surface area contributed by atoms with E-state index in [-0.39, 0.29) is 24.2 Å². The van der Waals surface area contributed by atoms with Crippen LogP contribution in [-0.2, 0) is 0 Å². The van der Waals surface area contributed by atoms with Gasteiger partial charge in [-0.05, 0) is 50.2 Å². The average Bonchev–Trinajstić information content (AvgIpc) is 2.67. The Kier molecular flexibility index (Phi) is 10.6. The molecule has 0 aromatic carbocycles. The first-order chi connectivity index (χ1) is 12.3. The van der Waals surface area contributed by atoms with Crippen LogP contribution in [0.3, 0.4) is 0 Å². The Morgan fingerprint density at radius 1 is 0.731 bits per heavy atom. The number of carbonyl (C=O) groups is 2. The van der Waals surface area contributed by atoms with Crippen LogP contribution in [0.1, 0.15) is 33.8 Å². The van der Waals surface area contributed by atoms with Gasteiger partial charge in [0.25, 0.3) is 11.8 Å². The van der Waals surface area contributed by atoms with Gasteiger partial charge in [-0.15, -0.1) is 12.4 Å². The molecule has 2 aromatic heterocycles. The van der Waals surface area contributed by atoms with E-state index in [1.165, 1.54) is 0 Å². The second-order valence-electron chi connectivity index (χ2n) is 5.40. The number of amides is 2. The van der Waals surface area contributed by atoms with Crippen molar-refractivity contribution in [1.29, 1.82) is 0 Å². The lowest BCUT2D eigenvalue weighted by Gasteiger charge is -2.07. The fourth-order valence-electron chi connectivity index (χ4n) is 2.13. The number of hydrogen-bond acceptors (Lipinski definition) is 5. The maximum Gasteiger partial charge on any atom is 0.269 e. The van der Waals surface area contributed by atoms with E-state index in [4.69, 9.17) is 0 Å². The maximum absolute atomic E-state index is 11.8. The fraction of sp³-hybridized carbons (Fsp3) is 0.333. The summed E-state index contributed by atoms with van der Waals surface area (Å²) in [5.74, 6) is -0.310. The number of nitrogens with one attached hydrogen (secondary N) is 3. The smallest absolute Gasteiger partial charge is 0.269 e. The Labute approximate surface area is 159 Å². The van der Waals surface area contributed by atoms with Crippen LogP contribution in [-0.4, -0.2) is 48.0 Å². The van der Waals surface area contributed by atoms with Crippen LogP contribution in [0, 0.1) is 0 Å². The van der Waals surface area contributed by atoms with Crippen molar-refractivity contribution in [2.45, 2.75) is 12.8 Å². The lowest BCUT2D eigenvalue weighted by atomic mass is 10.3. The normalized spacial score (nSPS) is 9.85. The molecule has 2 aromatic rings. The number of rotatable bonds is 10. The van der Waals surface area contributed by atoms with Gasteiger partial charge in [-0.2, -0.15) is 0 Å². The van der Waals surface area contributed by atoms with Crippen molar-refractivity contribution in [2.75, 3.05) is 26.2 Å². The van der Waals surface area contributed by atoms with Gasteiger partial charge >= 0.3 is 0 Å². The minimum Gasteiger partial charge on any atom is -0.351 e. The number of halogens is 1. The number of pyridine rings is 2. The summed E-state index contributed by atoms with van der Waals surface area (Å²) < 4.78 is 0. The summed E-state index contributed by atoms with van der Waals surface area (Å²) in [5.41, 5.74) is 0.859. The van der Waals surface area contributed by atoms with Crippen LogP contribution in [0.5, 0.6) is 0 Å². The highest BCUT2D eigenvalue weighted by Crippen LogP contribution is 1.93. The summed E-state index contributed by atoms with van der Waals surface area (Å²) >= 11 is 0. The monoisotopic (exact) mass is 377 g/mol. The summed E-state index contributed by atoms with van der Waals surface area (Å²) in [4.78, 5) is 31.5. The third kappa shape index (κ3) is 8.04. The highest BCUT2D eigenvalue weighted by Gasteiger charge is 2.05. The maximum atomic E-state index is 11.8. The van der Waals surface area contributed by atoms with E-state index in [2.05, 4.69) is 25.9 Å². The first-order valence-corrected chi connectivity index (χ1v) is 8.36. The molecule has 0 aliphatic carbocycles. The average molecular weight is 378 g/mol. The third-order valence-electron chi connectivity index (χ3n) is 3.43. The second kappa shape index (κ2) is 12.8. The van der Waals surface area contributed by atoms with E-state index >= 15 is 0 Å². The van der Waals surface area contributed by atoms with Gasteiger partial charge < -0.3 is 16.0 Å². The molecule has 3 N–H and O–H groups in total. The van der Waals surface area contributed by atoms with Gasteiger partial charge in [0.05, 0.1) is 0 Å². The standard InChI is InChI=1S/C18H23N5O2.ClH/c24-17(15-7-1-3-11-20-15)22-13-5-9-19-10-6-14-23-18(25)16-8-2-4-12-21-16;/h1-4,7-8,11-12,19H,5-6,9-10,13-14H2,(H,22,24)(H,23,25);1H. The van der Waals surface area contributed by atoms with Gasteiger partial charge in [-0.25, -0.2) is 0 Å². The Bertz CT molecular complexity index is 598. The number of aromatic nitrogens is 2. The summed E-state index contributed by atoms with van der Waals surface area (Å²) in [5, 5.41) is 8.94. The molecule has 0 aliphatic rings. The van der Waals surface area contributed by atoms with Crippen LogP contribution in [0.15, 0.2) is 48.8 Å². The third-order valence-corrected chi connectivity index (χ3v) is 3.43. The molecule has 7 nitrogen and oxygen atoms in total. The van der Waals surface area contributed by atoms with Crippen LogP contribution in [0.4, 0.5) is 0 Å². The van der Waals surface area contributed by atoms with E-state index in [1.807, 2.05) is 0 Å². The van der Waals surface area contributed by atoms with Gasteiger partial charge in [0.2, 0.25) is 0 Å². The molecule has 0 atom stereocenters. The molecule has 0 saturated heterocycles. The molecule has 2 heterocycles. The number of nitrogens with zero attached hydrogens (tertiary/aromatic N) is 2. The number of hydrogen-bond donors (Lipinski definition) is 3. The summed E-state index contributed by atoms with van der Waals surface area (Å²) in [6.45, 7) is 2.80. The van der Waals surface area contributed by atoms with Crippen LogP contribution in [0.2, 0.25) is 0 Å². The van der Waals surface area contributed by atoms with Crippen molar-refractivity contribution in [3.05, 3.63) is 60.2 Å². The van der Waals surface area contributed by atoms with E-state index in [0.717, 1.165) is 25.9 Å². The first kappa shape index (κ1) is 21.5. The SMILES string of the molecule is Cl.O=C(NCCCNCCCNC(=O)c1ccccn1)c1ccccn1. The van der Waals surface area contributed by atoms with E-state index < -0.39 is 0 Å². The Morgan fingerprint density at radius 2 is 1.19 bits per heavy atom. The largest absolute Gasteiger partial charge is 0.351 e. The predicted molar refractivity (Wildman–Crippen MR) is 102 cm³/mol. The molecular formula is C18H24ClN5O2. The number of carbonyl (C=O) groups excluding carboxylic acids is 2. The van der Waals surface area contributed by atoms with Crippen LogP contribution in [0.25, 0.3) is 0 Å². The van der Waals surface area contributed by atoms with Gasteiger partial charge in [0.1, 0.15) is 11.4 Å². The molecule has 0 unspecified atom stereocenters. The van der Waals surface area contributed by atoms with Crippen LogP contribution >= 0.6 is 12.4 Å². The summed E-state index contributed by atoms with van der Waals surface area (Å²) in [6, 6.07) is 10.5. The van der Waals surface area contributed by atoms with Crippen LogP contribution < -0.4 is 16.0 Å². The van der Waals surface area contributed by atoms with Crippen molar-refractivity contribution >= 4 is 24.2 Å². The second-order valence-corrected chi connectivity index (χ2v) is 5.40. The van der Waals surface area contributed by atoms with E-state index in [9.17, 15) is 9.59 Å². The van der Waals surface area contributed by atoms with Crippen molar-refractivity contribution in [2.24, 2.45) is 0 Å². The van der Waals surface area contributed by atoms with E-state index in [0.29, 0.717) is 24.5 Å². The van der Waals surface area contributed by atoms with Crippen molar-refractivity contribution < 1.29 is 9.59 Å². The Balaban J connectivity index is 0.00000338. The molecule has 0 radical (unpaired) electrons. The quantitative estimate of drug-likeness (QED) is 0.544. The molecule has 8 heteroatoms. The van der Waals surface area contributed by atoms with Gasteiger partial charge in [0.15, 0.2) is 0 Å². The fourth-order valence-corrected chi connectivity index (χ4v) is 2.13. The molecule has 0 fully saturated rings. The first-order valence-electron chi connectivity index (χ1n) is 8.36.